The van der Waals surface area contributed by atoms with E-state index in [1.807, 2.05) is 0 Å². The van der Waals surface area contributed by atoms with E-state index >= 15 is 0 Å². The fourth-order valence-corrected chi connectivity index (χ4v) is 1.73. The molecule has 0 rings (SSSR count). The zero-order chi connectivity index (χ0) is 8.20. The Bertz CT molecular complexity index is 133. The van der Waals surface area contributed by atoms with E-state index in [4.69, 9.17) is 23.7 Å². The van der Waals surface area contributed by atoms with Gasteiger partial charge in [0.2, 0.25) is 0 Å². The molecule has 0 aromatic carbocycles. The lowest BCUT2D eigenvalue weighted by atomic mass is 10.9. The van der Waals surface area contributed by atoms with Gasteiger partial charge in [0.05, 0.1) is 23.7 Å². The largest absolute Gasteiger partial charge is 0.508 e. The van der Waals surface area contributed by atoms with Crippen molar-refractivity contribution < 1.29 is 17.2 Å². The van der Waals surface area contributed by atoms with Crippen molar-refractivity contribution in [1.29, 1.82) is 0 Å². The minimum atomic E-state index is -3.75. The Hall–Kier alpha value is 1.17. The molecule has 0 saturated heterocycles. The first-order valence-electron chi connectivity index (χ1n) is 2.07. The van der Waals surface area contributed by atoms with Gasteiger partial charge in [0.25, 0.3) is 0 Å². The van der Waals surface area contributed by atoms with Gasteiger partial charge in [0, 0.05) is 0 Å². The molecule has 0 aromatic heterocycles. The number of phosphoric acid groups is 1. The molecule has 0 fully saturated rings. The number of hydrogen-bond donors (Lipinski definition) is 0. The molecule has 0 aliphatic heterocycles. The molecular weight excluding hydrogens is 270 g/mol. The molecule has 0 N–H and O–H groups in total. The van der Waals surface area contributed by atoms with Crippen molar-refractivity contribution in [2.24, 2.45) is 0 Å². The van der Waals surface area contributed by atoms with Crippen LogP contribution < -0.4 is 0 Å². The summed E-state index contributed by atoms with van der Waals surface area (Å²) in [6.07, 6.45) is 0. The fourth-order valence-electron chi connectivity index (χ4n) is 0.221. The van der Waals surface area contributed by atoms with Gasteiger partial charge in [-0.1, -0.05) is 15.9 Å². The van der Waals surface area contributed by atoms with Crippen molar-refractivity contribution in [3.63, 3.8) is 0 Å². The summed E-state index contributed by atoms with van der Waals surface area (Å²) in [6.45, 7) is 1.55. The van der Waals surface area contributed by atoms with Crippen molar-refractivity contribution in [3.8, 4) is 0 Å². The van der Waals surface area contributed by atoms with Crippen molar-refractivity contribution >= 4 is 47.5 Å². The highest BCUT2D eigenvalue weighted by atomic mass is 79.9. The van der Waals surface area contributed by atoms with Crippen molar-refractivity contribution in [2.75, 3.05) is 0 Å². The maximum absolute atomic E-state index is 10.8. The van der Waals surface area contributed by atoms with E-state index in [-0.39, 0.29) is 0 Å². The first-order valence-corrected chi connectivity index (χ1v) is 5.06. The Morgan fingerprint density at radius 1 is 1.50 bits per heavy atom. The summed E-state index contributed by atoms with van der Waals surface area (Å²) in [7, 11) is -3.75. The normalized spacial score (nSPS) is 15.2. The Balaban J connectivity index is 3.94. The van der Waals surface area contributed by atoms with Gasteiger partial charge in [-0.15, -0.1) is 0 Å². The molecule has 1 atom stereocenters. The minimum absolute atomic E-state index is 0.518. The van der Waals surface area contributed by atoms with Crippen molar-refractivity contribution in [3.05, 3.63) is 0 Å². The van der Waals surface area contributed by atoms with Crippen LogP contribution in [0.15, 0.2) is 0 Å². The highest BCUT2D eigenvalue weighted by molar-refractivity contribution is 9.09. The lowest BCUT2D eigenvalue weighted by Crippen LogP contribution is -1.96. The van der Waals surface area contributed by atoms with Crippen molar-refractivity contribution in [2.45, 2.75) is 11.9 Å². The summed E-state index contributed by atoms with van der Waals surface area (Å²) in [5.41, 5.74) is 0. The number of alkyl halides is 1. The molecule has 0 aliphatic carbocycles. The molecule has 0 heterocycles. The van der Waals surface area contributed by atoms with Crippen LogP contribution >= 0.6 is 47.5 Å². The van der Waals surface area contributed by atoms with Crippen LogP contribution in [-0.2, 0) is 17.2 Å². The molecular formula is C2H4BrCl2O4P. The Morgan fingerprint density at radius 3 is 2.00 bits per heavy atom. The standard InChI is InChI=1S/C2H4BrCl2O4P/c1-2(3)7-10(6,8-4)9-5/h2H,1H3. The van der Waals surface area contributed by atoms with E-state index in [0.717, 1.165) is 0 Å². The molecule has 1 unspecified atom stereocenters. The number of hydrogen-bond acceptors (Lipinski definition) is 4. The lowest BCUT2D eigenvalue weighted by molar-refractivity contribution is 0.216. The number of halogens is 3. The smallest absolute Gasteiger partial charge is 0.270 e. The van der Waals surface area contributed by atoms with Crippen LogP contribution in [0.5, 0.6) is 0 Å². The van der Waals surface area contributed by atoms with E-state index in [9.17, 15) is 4.57 Å². The van der Waals surface area contributed by atoms with Gasteiger partial charge in [-0.3, -0.25) is 4.52 Å². The van der Waals surface area contributed by atoms with Crippen LogP contribution in [0.2, 0.25) is 0 Å². The van der Waals surface area contributed by atoms with Gasteiger partial charge < -0.3 is 0 Å². The van der Waals surface area contributed by atoms with E-state index in [0.29, 0.717) is 0 Å². The molecule has 0 amide bonds. The second-order valence-corrected chi connectivity index (χ2v) is 4.73. The van der Waals surface area contributed by atoms with E-state index in [2.05, 4.69) is 28.6 Å². The molecule has 0 spiro atoms. The molecule has 0 bridgehead atoms. The van der Waals surface area contributed by atoms with Crippen LogP contribution in [0.25, 0.3) is 0 Å². The molecule has 0 saturated carbocycles. The first-order chi connectivity index (χ1) is 4.54. The average Bonchev–Trinajstić information content (AvgIpc) is 1.87. The topological polar surface area (TPSA) is 44.8 Å². The first kappa shape index (κ1) is 11.2. The molecule has 62 valence electrons. The molecule has 0 radical (unpaired) electrons. The summed E-state index contributed by atoms with van der Waals surface area (Å²) in [5, 5.41) is -0.518. The maximum Gasteiger partial charge on any atom is 0.508 e. The Morgan fingerprint density at radius 2 is 1.90 bits per heavy atom. The van der Waals surface area contributed by atoms with Gasteiger partial charge in [0.15, 0.2) is 0 Å². The third-order valence-electron chi connectivity index (χ3n) is 0.443. The third-order valence-corrected chi connectivity index (χ3v) is 2.85. The van der Waals surface area contributed by atoms with Gasteiger partial charge in [0.1, 0.15) is 5.01 Å². The summed E-state index contributed by atoms with van der Waals surface area (Å²) < 4.78 is 22.9. The summed E-state index contributed by atoms with van der Waals surface area (Å²) in [5.74, 6) is 0. The van der Waals surface area contributed by atoms with Crippen LogP contribution in [-0.4, -0.2) is 5.01 Å². The summed E-state index contributed by atoms with van der Waals surface area (Å²) in [6, 6.07) is 0. The monoisotopic (exact) mass is 272 g/mol. The molecule has 0 aromatic rings. The zero-order valence-corrected chi connectivity index (χ0v) is 8.78. The van der Waals surface area contributed by atoms with Gasteiger partial charge in [-0.05, 0) is 6.92 Å². The predicted molar refractivity (Wildman–Crippen MR) is 41.0 cm³/mol. The van der Waals surface area contributed by atoms with Crippen molar-refractivity contribution in [1.82, 2.24) is 0 Å². The average molecular weight is 274 g/mol. The van der Waals surface area contributed by atoms with Crippen LogP contribution in [0.4, 0.5) is 0 Å². The van der Waals surface area contributed by atoms with Gasteiger partial charge >= 0.3 is 7.82 Å². The van der Waals surface area contributed by atoms with Crippen LogP contribution in [0, 0.1) is 0 Å². The molecule has 8 heteroatoms. The minimum Gasteiger partial charge on any atom is -0.270 e. The second-order valence-electron chi connectivity index (χ2n) is 1.23. The second kappa shape index (κ2) is 4.93. The van der Waals surface area contributed by atoms with Crippen LogP contribution in [0.3, 0.4) is 0 Å². The Labute approximate surface area is 76.8 Å². The highest BCUT2D eigenvalue weighted by Crippen LogP contribution is 2.53. The SMILES string of the molecule is CC(Br)OP(=O)(OCl)OCl. The van der Waals surface area contributed by atoms with Gasteiger partial charge in [-0.2, -0.15) is 8.15 Å². The summed E-state index contributed by atoms with van der Waals surface area (Å²) >= 11 is 12.4. The number of rotatable bonds is 4. The Kier molecular flexibility index (Phi) is 5.51. The predicted octanol–water partition coefficient (Wildman–Crippen LogP) is 3.19. The third kappa shape index (κ3) is 4.13. The quantitative estimate of drug-likeness (QED) is 0.583. The van der Waals surface area contributed by atoms with Gasteiger partial charge in [-0.25, -0.2) is 4.57 Å². The van der Waals surface area contributed by atoms with E-state index < -0.39 is 12.8 Å². The lowest BCUT2D eigenvalue weighted by Gasteiger charge is -2.10. The maximum atomic E-state index is 10.8. The van der Waals surface area contributed by atoms with Crippen LogP contribution in [0.1, 0.15) is 6.92 Å². The zero-order valence-electron chi connectivity index (χ0n) is 4.79. The molecule has 10 heavy (non-hydrogen) atoms. The fraction of sp³-hybridized carbons (Fsp3) is 1.00. The molecule has 4 nitrogen and oxygen atoms in total. The van der Waals surface area contributed by atoms with E-state index in [1.165, 1.54) is 0 Å². The summed E-state index contributed by atoms with van der Waals surface area (Å²) in [4.78, 5) is 0. The van der Waals surface area contributed by atoms with E-state index in [1.54, 1.807) is 6.92 Å². The molecule has 0 aliphatic rings. The highest BCUT2D eigenvalue weighted by Gasteiger charge is 2.28.